The number of rotatable bonds is 1. The van der Waals surface area contributed by atoms with Crippen LogP contribution in [0.2, 0.25) is 0 Å². The average molecular weight is 280 g/mol. The zero-order chi connectivity index (χ0) is 14.3. The molecular weight excluding hydrogens is 260 g/mol. The van der Waals surface area contributed by atoms with Gasteiger partial charge in [-0.2, -0.15) is 0 Å². The van der Waals surface area contributed by atoms with Gasteiger partial charge >= 0.3 is 0 Å². The van der Waals surface area contributed by atoms with Crippen LogP contribution < -0.4 is 0 Å². The van der Waals surface area contributed by atoms with Crippen LogP contribution in [0.5, 0.6) is 0 Å². The Balaban J connectivity index is 0.000000283. The van der Waals surface area contributed by atoms with E-state index in [1.807, 2.05) is 91.0 Å². The molecular formula is C19H20O2. The molecule has 21 heavy (non-hydrogen) atoms. The Labute approximate surface area is 126 Å². The summed E-state index contributed by atoms with van der Waals surface area (Å²) in [5.41, 5.74) is 0.729. The van der Waals surface area contributed by atoms with Crippen molar-refractivity contribution in [1.29, 1.82) is 0 Å². The van der Waals surface area contributed by atoms with Crippen molar-refractivity contribution in [3.05, 3.63) is 109 Å². The lowest BCUT2D eigenvalue weighted by molar-refractivity contribution is 0.112. The van der Waals surface area contributed by atoms with Crippen molar-refractivity contribution in [2.24, 2.45) is 0 Å². The van der Waals surface area contributed by atoms with Gasteiger partial charge < -0.3 is 5.48 Å². The second-order valence-electron chi connectivity index (χ2n) is 3.84. The van der Waals surface area contributed by atoms with Gasteiger partial charge in [0, 0.05) is 5.56 Å². The Morgan fingerprint density at radius 2 is 0.714 bits per heavy atom. The molecule has 0 heterocycles. The van der Waals surface area contributed by atoms with Crippen LogP contribution in [0.15, 0.2) is 103 Å². The first-order valence-electron chi connectivity index (χ1n) is 6.44. The zero-order valence-electron chi connectivity index (χ0n) is 11.8. The summed E-state index contributed by atoms with van der Waals surface area (Å²) >= 11 is 0. The summed E-state index contributed by atoms with van der Waals surface area (Å²) in [4.78, 5) is 10.0. The molecule has 0 amide bonds. The highest BCUT2D eigenvalue weighted by molar-refractivity contribution is 5.74. The lowest BCUT2D eigenvalue weighted by Crippen LogP contribution is -1.73. The molecule has 2 N–H and O–H groups in total. The highest BCUT2D eigenvalue weighted by Gasteiger charge is 1.80. The Hall–Kier alpha value is -2.71. The molecule has 3 aromatic carbocycles. The fourth-order valence-electron chi connectivity index (χ4n) is 1.30. The summed E-state index contributed by atoms with van der Waals surface area (Å²) in [7, 11) is 0. The molecule has 0 atom stereocenters. The second kappa shape index (κ2) is 13.7. The molecule has 2 nitrogen and oxygen atoms in total. The minimum Gasteiger partial charge on any atom is -0.412 e. The molecule has 3 rings (SSSR count). The van der Waals surface area contributed by atoms with E-state index in [9.17, 15) is 4.79 Å². The predicted octanol–water partition coefficient (Wildman–Crippen LogP) is 4.05. The van der Waals surface area contributed by atoms with Crippen molar-refractivity contribution in [3.8, 4) is 0 Å². The van der Waals surface area contributed by atoms with Gasteiger partial charge in [-0.15, -0.1) is 0 Å². The number of carbonyl (C=O) groups excluding carboxylic acids is 1. The highest BCUT2D eigenvalue weighted by atomic mass is 16.1. The van der Waals surface area contributed by atoms with E-state index in [4.69, 9.17) is 0 Å². The van der Waals surface area contributed by atoms with E-state index in [0.29, 0.717) is 0 Å². The van der Waals surface area contributed by atoms with Crippen molar-refractivity contribution in [3.63, 3.8) is 0 Å². The van der Waals surface area contributed by atoms with Crippen LogP contribution in [0.4, 0.5) is 0 Å². The summed E-state index contributed by atoms with van der Waals surface area (Å²) in [6, 6.07) is 33.1. The monoisotopic (exact) mass is 280 g/mol. The van der Waals surface area contributed by atoms with Gasteiger partial charge in [0.05, 0.1) is 0 Å². The normalized spacial score (nSPS) is 7.81. The van der Waals surface area contributed by atoms with Crippen LogP contribution in [0.25, 0.3) is 0 Å². The Kier molecular flexibility index (Phi) is 11.9. The van der Waals surface area contributed by atoms with Gasteiger partial charge in [0.2, 0.25) is 0 Å². The van der Waals surface area contributed by atoms with Crippen molar-refractivity contribution in [1.82, 2.24) is 0 Å². The van der Waals surface area contributed by atoms with Crippen LogP contribution in [0.3, 0.4) is 0 Å². The maximum atomic E-state index is 10.0. The Morgan fingerprint density at radius 1 is 0.476 bits per heavy atom. The number of hydrogen-bond acceptors (Lipinski definition) is 1. The van der Waals surface area contributed by atoms with Gasteiger partial charge in [0.15, 0.2) is 0 Å². The summed E-state index contributed by atoms with van der Waals surface area (Å²) in [6.45, 7) is 0. The van der Waals surface area contributed by atoms with E-state index in [0.717, 1.165) is 11.8 Å². The Morgan fingerprint density at radius 3 is 0.905 bits per heavy atom. The molecule has 0 saturated carbocycles. The maximum absolute atomic E-state index is 10.0. The fourth-order valence-corrected chi connectivity index (χ4v) is 1.30. The smallest absolute Gasteiger partial charge is 0.150 e. The molecule has 2 heteroatoms. The van der Waals surface area contributed by atoms with E-state index in [2.05, 4.69) is 0 Å². The van der Waals surface area contributed by atoms with Crippen LogP contribution in [-0.4, -0.2) is 11.8 Å². The fraction of sp³-hybridized carbons (Fsp3) is 0. The quantitative estimate of drug-likeness (QED) is 0.620. The average Bonchev–Trinajstić information content (AvgIpc) is 2.60. The van der Waals surface area contributed by atoms with Gasteiger partial charge in [0.1, 0.15) is 6.29 Å². The Bertz CT molecular complexity index is 452. The maximum Gasteiger partial charge on any atom is 0.150 e. The van der Waals surface area contributed by atoms with Crippen LogP contribution in [0, 0.1) is 0 Å². The summed E-state index contributed by atoms with van der Waals surface area (Å²) in [6.07, 6.45) is 0.833. The van der Waals surface area contributed by atoms with Crippen molar-refractivity contribution in [2.45, 2.75) is 0 Å². The van der Waals surface area contributed by atoms with Crippen molar-refractivity contribution in [2.75, 3.05) is 0 Å². The van der Waals surface area contributed by atoms with Gasteiger partial charge in [-0.05, 0) is 0 Å². The van der Waals surface area contributed by atoms with E-state index in [1.165, 1.54) is 0 Å². The SMILES string of the molecule is O.O=Cc1ccccc1.c1ccccc1.c1ccccc1. The molecule has 0 spiro atoms. The molecule has 0 aliphatic carbocycles. The van der Waals surface area contributed by atoms with Crippen molar-refractivity contribution < 1.29 is 10.3 Å². The summed E-state index contributed by atoms with van der Waals surface area (Å²) in [5.74, 6) is 0. The minimum atomic E-state index is 0. The van der Waals surface area contributed by atoms with Crippen molar-refractivity contribution >= 4 is 6.29 Å². The molecule has 0 aliphatic heterocycles. The third kappa shape index (κ3) is 10.9. The molecule has 0 saturated heterocycles. The predicted molar refractivity (Wildman–Crippen MR) is 88.3 cm³/mol. The minimum absolute atomic E-state index is 0. The van der Waals surface area contributed by atoms with E-state index in [1.54, 1.807) is 12.1 Å². The first-order valence-corrected chi connectivity index (χ1v) is 6.44. The van der Waals surface area contributed by atoms with E-state index in [-0.39, 0.29) is 5.48 Å². The third-order valence-corrected chi connectivity index (χ3v) is 2.27. The number of carbonyl (C=O) groups is 1. The molecule has 0 radical (unpaired) electrons. The molecule has 0 aromatic heterocycles. The topological polar surface area (TPSA) is 48.6 Å². The molecule has 108 valence electrons. The number of benzene rings is 3. The van der Waals surface area contributed by atoms with Gasteiger partial charge in [-0.25, -0.2) is 0 Å². The largest absolute Gasteiger partial charge is 0.412 e. The molecule has 0 bridgehead atoms. The first kappa shape index (κ1) is 18.3. The molecule has 0 aliphatic rings. The number of hydrogen-bond donors (Lipinski definition) is 0. The standard InChI is InChI=1S/C7H6O.2C6H6.H2O/c8-6-7-4-2-1-3-5-7;2*1-2-4-6-5-3-1;/h1-6H;2*1-6H;1H2. The molecule has 3 aromatic rings. The highest BCUT2D eigenvalue weighted by Crippen LogP contribution is 1.91. The summed E-state index contributed by atoms with van der Waals surface area (Å²) in [5, 5.41) is 0. The molecule has 0 fully saturated rings. The van der Waals surface area contributed by atoms with Crippen LogP contribution in [-0.2, 0) is 0 Å². The van der Waals surface area contributed by atoms with E-state index >= 15 is 0 Å². The molecule has 0 unspecified atom stereocenters. The van der Waals surface area contributed by atoms with Gasteiger partial charge in [0.25, 0.3) is 0 Å². The number of aldehydes is 1. The lowest BCUT2D eigenvalue weighted by atomic mass is 10.2. The van der Waals surface area contributed by atoms with Gasteiger partial charge in [-0.3, -0.25) is 4.79 Å². The van der Waals surface area contributed by atoms with E-state index < -0.39 is 0 Å². The summed E-state index contributed by atoms with van der Waals surface area (Å²) < 4.78 is 0. The van der Waals surface area contributed by atoms with Crippen LogP contribution in [0.1, 0.15) is 10.4 Å². The van der Waals surface area contributed by atoms with Crippen LogP contribution >= 0.6 is 0 Å². The third-order valence-electron chi connectivity index (χ3n) is 2.27. The second-order valence-corrected chi connectivity index (χ2v) is 3.84. The van der Waals surface area contributed by atoms with Gasteiger partial charge in [-0.1, -0.05) is 103 Å². The first-order chi connectivity index (χ1) is 9.93. The lowest BCUT2D eigenvalue weighted by Gasteiger charge is -1.81. The zero-order valence-corrected chi connectivity index (χ0v) is 11.8.